The molecule has 0 radical (unpaired) electrons. The highest BCUT2D eigenvalue weighted by molar-refractivity contribution is 7.13. The lowest BCUT2D eigenvalue weighted by Crippen LogP contribution is -2.22. The number of aromatic carboxylic acids is 1. The Kier molecular flexibility index (Phi) is 14.8. The molecule has 0 unspecified atom stereocenters. The SMILES string of the molecule is CCOC(=O)c1cn(COCC[Si](C)(C)C)nc1-c1nc(-c2ccccc2)cs1.C[Si](C)(C)CCOCn1cc(C(=O)O)c(-c2nc(-c3ccccc3)cs2)n1. The van der Waals surface area contributed by atoms with E-state index in [2.05, 4.69) is 54.5 Å². The number of carbonyl (C=O) groups is 2. The Hall–Kier alpha value is -4.59. The lowest BCUT2D eigenvalue weighted by atomic mass is 10.2. The Labute approximate surface area is 338 Å². The van der Waals surface area contributed by atoms with E-state index in [4.69, 9.17) is 19.2 Å². The quantitative estimate of drug-likeness (QED) is 0.0536. The summed E-state index contributed by atoms with van der Waals surface area (Å²) < 4.78 is 19.9. The summed E-state index contributed by atoms with van der Waals surface area (Å²) in [6.07, 6.45) is 3.20. The Balaban J connectivity index is 0.000000215. The predicted molar refractivity (Wildman–Crippen MR) is 229 cm³/mol. The summed E-state index contributed by atoms with van der Waals surface area (Å²) in [6.45, 7) is 17.8. The highest BCUT2D eigenvalue weighted by Gasteiger charge is 2.23. The number of thiazole rings is 2. The summed E-state index contributed by atoms with van der Waals surface area (Å²) >= 11 is 2.85. The van der Waals surface area contributed by atoms with E-state index in [1.165, 1.54) is 33.6 Å². The van der Waals surface area contributed by atoms with Gasteiger partial charge in [-0.2, -0.15) is 10.2 Å². The second-order valence-electron chi connectivity index (χ2n) is 15.4. The zero-order valence-corrected chi connectivity index (χ0v) is 36.7. The molecule has 0 amide bonds. The topological polar surface area (TPSA) is 143 Å². The molecule has 4 heterocycles. The average molecular weight is 831 g/mol. The monoisotopic (exact) mass is 830 g/mol. The summed E-state index contributed by atoms with van der Waals surface area (Å²) in [4.78, 5) is 33.4. The summed E-state index contributed by atoms with van der Waals surface area (Å²) in [7, 11) is -2.31. The third kappa shape index (κ3) is 12.5. The number of carboxylic acids is 1. The largest absolute Gasteiger partial charge is 0.478 e. The van der Waals surface area contributed by atoms with Gasteiger partial charge in [0.05, 0.1) is 18.0 Å². The lowest BCUT2D eigenvalue weighted by Gasteiger charge is -2.15. The van der Waals surface area contributed by atoms with Crippen molar-refractivity contribution < 1.29 is 28.9 Å². The highest BCUT2D eigenvalue weighted by Crippen LogP contribution is 2.32. The second kappa shape index (κ2) is 19.5. The summed E-state index contributed by atoms with van der Waals surface area (Å²) in [6, 6.07) is 21.9. The van der Waals surface area contributed by atoms with Crippen molar-refractivity contribution in [3.8, 4) is 43.9 Å². The summed E-state index contributed by atoms with van der Waals surface area (Å²) in [5.74, 6) is -1.41. The average Bonchev–Trinajstić information content (AvgIpc) is 3.98. The van der Waals surface area contributed by atoms with Crippen LogP contribution in [0.25, 0.3) is 43.9 Å². The first kappa shape index (κ1) is 42.6. The molecule has 0 bridgehead atoms. The van der Waals surface area contributed by atoms with Gasteiger partial charge < -0.3 is 19.3 Å². The first-order chi connectivity index (χ1) is 26.7. The van der Waals surface area contributed by atoms with Crippen molar-refractivity contribution in [1.29, 1.82) is 0 Å². The molecule has 6 aromatic rings. The van der Waals surface area contributed by atoms with Gasteiger partial charge in [-0.15, -0.1) is 22.7 Å². The van der Waals surface area contributed by atoms with Gasteiger partial charge in [0, 0.05) is 63.6 Å². The van der Waals surface area contributed by atoms with Crippen LogP contribution in [0, 0.1) is 0 Å². The third-order valence-corrected chi connectivity index (χ3v) is 13.3. The molecule has 2 aromatic carbocycles. The first-order valence-electron chi connectivity index (χ1n) is 18.4. The van der Waals surface area contributed by atoms with E-state index in [0.29, 0.717) is 53.5 Å². The Morgan fingerprint density at radius 2 is 1.11 bits per heavy atom. The third-order valence-electron chi connectivity index (χ3n) is 8.24. The fraction of sp³-hybridized carbons (Fsp3) is 0.350. The molecule has 0 fully saturated rings. The molecule has 4 aromatic heterocycles. The maximum Gasteiger partial charge on any atom is 0.342 e. The number of rotatable bonds is 17. The zero-order chi connectivity index (χ0) is 40.3. The molecule has 6 rings (SSSR count). The predicted octanol–water partition coefficient (Wildman–Crippen LogP) is 9.85. The van der Waals surface area contributed by atoms with E-state index in [-0.39, 0.29) is 12.3 Å². The van der Waals surface area contributed by atoms with Crippen LogP contribution in [0.15, 0.2) is 83.8 Å². The van der Waals surface area contributed by atoms with Gasteiger partial charge in [0.1, 0.15) is 46.0 Å². The molecule has 0 aliphatic heterocycles. The number of nitrogens with zero attached hydrogens (tertiary/aromatic N) is 6. The van der Waals surface area contributed by atoms with E-state index in [1.807, 2.05) is 71.4 Å². The van der Waals surface area contributed by atoms with Crippen molar-refractivity contribution >= 4 is 50.8 Å². The number of ether oxygens (including phenoxy) is 3. The fourth-order valence-corrected chi connectivity index (χ4v) is 8.29. The van der Waals surface area contributed by atoms with E-state index in [1.54, 1.807) is 17.8 Å². The van der Waals surface area contributed by atoms with Crippen LogP contribution in [0.2, 0.25) is 51.4 Å². The van der Waals surface area contributed by atoms with E-state index < -0.39 is 28.1 Å². The van der Waals surface area contributed by atoms with E-state index in [0.717, 1.165) is 34.6 Å². The minimum Gasteiger partial charge on any atom is -0.478 e. The highest BCUT2D eigenvalue weighted by atomic mass is 32.1. The molecule has 56 heavy (non-hydrogen) atoms. The molecule has 0 saturated heterocycles. The van der Waals surface area contributed by atoms with Crippen LogP contribution >= 0.6 is 22.7 Å². The van der Waals surface area contributed by atoms with Gasteiger partial charge >= 0.3 is 11.9 Å². The Morgan fingerprint density at radius 3 is 1.52 bits per heavy atom. The maximum atomic E-state index is 12.5. The molecule has 12 nitrogen and oxygen atoms in total. The molecule has 0 atom stereocenters. The number of benzene rings is 2. The lowest BCUT2D eigenvalue weighted by molar-refractivity contribution is 0.0525. The van der Waals surface area contributed by atoms with Gasteiger partial charge in [-0.1, -0.05) is 99.9 Å². The Morgan fingerprint density at radius 1 is 0.679 bits per heavy atom. The van der Waals surface area contributed by atoms with Gasteiger partial charge in [-0.3, -0.25) is 0 Å². The molecule has 0 spiro atoms. The molecular formula is C40H50N6O6S2Si2. The molecule has 16 heteroatoms. The fourth-order valence-electron chi connectivity index (χ4n) is 5.13. The number of hydrogen-bond donors (Lipinski definition) is 1. The van der Waals surface area contributed by atoms with Crippen LogP contribution in [0.4, 0.5) is 0 Å². The normalized spacial score (nSPS) is 11.6. The van der Waals surface area contributed by atoms with Crippen molar-refractivity contribution in [2.24, 2.45) is 0 Å². The van der Waals surface area contributed by atoms with E-state index in [9.17, 15) is 14.7 Å². The summed E-state index contributed by atoms with van der Waals surface area (Å²) in [5.41, 5.74) is 5.15. The van der Waals surface area contributed by atoms with Gasteiger partial charge in [0.2, 0.25) is 0 Å². The standard InChI is InChI=1S/C21H27N3O3SSi.C19H23N3O3SSi/c1-5-27-21(25)17-13-24(15-26-11-12-29(2,3)4)23-19(17)20-22-18(14-28-20)16-9-7-6-8-10-16;1-27(2,3)10-9-25-13-22-11-15(19(23)24)17(21-22)18-20-16(12-26-18)14-7-5-4-6-8-14/h6-10,13-14H,5,11-12,15H2,1-4H3;4-8,11-12H,9-10,13H2,1-3H3,(H,23,24). The molecule has 296 valence electrons. The van der Waals surface area contributed by atoms with Crippen LogP contribution in [0.5, 0.6) is 0 Å². The van der Waals surface area contributed by atoms with Crippen LogP contribution in [-0.2, 0) is 27.7 Å². The van der Waals surface area contributed by atoms with Gasteiger partial charge in [-0.05, 0) is 19.0 Å². The molecule has 1 N–H and O–H groups in total. The molecule has 0 aliphatic carbocycles. The van der Waals surface area contributed by atoms with Crippen molar-refractivity contribution in [3.63, 3.8) is 0 Å². The number of hydrogen-bond acceptors (Lipinski definition) is 11. The molecular weight excluding hydrogens is 781 g/mol. The van der Waals surface area contributed by atoms with Gasteiger partial charge in [0.25, 0.3) is 0 Å². The smallest absolute Gasteiger partial charge is 0.342 e. The zero-order valence-electron chi connectivity index (χ0n) is 33.0. The number of carbonyl (C=O) groups excluding carboxylic acids is 1. The van der Waals surface area contributed by atoms with E-state index >= 15 is 0 Å². The molecule has 0 aliphatic rings. The number of carboxylic acid groups (broad SMARTS) is 1. The van der Waals surface area contributed by atoms with Crippen LogP contribution in [0.1, 0.15) is 27.6 Å². The van der Waals surface area contributed by atoms with Crippen molar-refractivity contribution in [3.05, 3.63) is 94.9 Å². The van der Waals surface area contributed by atoms with Crippen molar-refractivity contribution in [1.82, 2.24) is 29.5 Å². The van der Waals surface area contributed by atoms with Crippen LogP contribution < -0.4 is 0 Å². The van der Waals surface area contributed by atoms with Crippen LogP contribution in [-0.4, -0.2) is 82.5 Å². The van der Waals surface area contributed by atoms with Gasteiger partial charge in [-0.25, -0.2) is 28.9 Å². The van der Waals surface area contributed by atoms with Crippen molar-refractivity contribution in [2.45, 2.75) is 71.8 Å². The maximum absolute atomic E-state index is 12.5. The Bertz CT molecular complexity index is 2170. The number of esters is 1. The van der Waals surface area contributed by atoms with Crippen LogP contribution in [0.3, 0.4) is 0 Å². The minimum atomic E-state index is -1.16. The molecule has 0 saturated carbocycles. The first-order valence-corrected chi connectivity index (χ1v) is 27.6. The summed E-state index contributed by atoms with van der Waals surface area (Å²) in [5, 5.41) is 23.7. The van der Waals surface area contributed by atoms with Crippen molar-refractivity contribution in [2.75, 3.05) is 19.8 Å². The van der Waals surface area contributed by atoms with Gasteiger partial charge in [0.15, 0.2) is 0 Å². The minimum absolute atomic E-state index is 0.137. The number of aromatic nitrogens is 6. The second-order valence-corrected chi connectivity index (χ2v) is 28.4.